The molecule has 0 saturated heterocycles. The van der Waals surface area contributed by atoms with Gasteiger partial charge < -0.3 is 14.9 Å². The van der Waals surface area contributed by atoms with Crippen LogP contribution >= 0.6 is 0 Å². The Morgan fingerprint density at radius 1 is 1.09 bits per heavy atom. The molecule has 0 aliphatic heterocycles. The van der Waals surface area contributed by atoms with Crippen molar-refractivity contribution in [2.45, 2.75) is 0 Å². The summed E-state index contributed by atoms with van der Waals surface area (Å²) in [4.78, 5) is 20.4. The van der Waals surface area contributed by atoms with Gasteiger partial charge in [-0.05, 0) is 29.3 Å². The molecule has 5 heteroatoms. The highest BCUT2D eigenvalue weighted by Gasteiger charge is 2.12. The van der Waals surface area contributed by atoms with Gasteiger partial charge in [0, 0.05) is 6.08 Å². The highest BCUT2D eigenvalue weighted by molar-refractivity contribution is 5.96. The maximum atomic E-state index is 11.2. The van der Waals surface area contributed by atoms with Crippen LogP contribution in [0.25, 0.3) is 11.1 Å². The molecule has 0 heterocycles. The minimum absolute atomic E-state index is 0.275. The van der Waals surface area contributed by atoms with Crippen LogP contribution in [0.5, 0.6) is 5.75 Å². The first-order valence-corrected chi connectivity index (χ1v) is 6.31. The molecule has 22 heavy (non-hydrogen) atoms. The average Bonchev–Trinajstić information content (AvgIpc) is 2.55. The maximum Gasteiger partial charge on any atom is 0.336 e. The lowest BCUT2D eigenvalue weighted by Gasteiger charge is -2.08. The van der Waals surface area contributed by atoms with Crippen LogP contribution in [0.3, 0.4) is 0 Å². The fraction of sp³-hybridized carbons (Fsp3) is 0.0588. The molecule has 114 valence electrons. The van der Waals surface area contributed by atoms with Crippen molar-refractivity contribution in [3.8, 4) is 16.9 Å². The number of aliphatic carboxylic acids is 1. The smallest absolute Gasteiger partial charge is 0.336 e. The summed E-state index contributed by atoms with van der Waals surface area (Å²) < 4.78 is 5.12. The fourth-order valence-electron chi connectivity index (χ4n) is 1.69. The number of carbonyl (C=O) groups is 2. The van der Waals surface area contributed by atoms with Gasteiger partial charge in [0.15, 0.2) is 0 Å². The summed E-state index contributed by atoms with van der Waals surface area (Å²) in [6, 6.07) is 14.3. The number of aromatic carboxylic acids is 1. The molecule has 2 aromatic rings. The van der Waals surface area contributed by atoms with Gasteiger partial charge in [-0.25, -0.2) is 9.59 Å². The Bertz CT molecular complexity index is 662. The Morgan fingerprint density at radius 3 is 2.14 bits per heavy atom. The Balaban J connectivity index is 0.000000422. The molecule has 0 bridgehead atoms. The van der Waals surface area contributed by atoms with Crippen LogP contribution in [-0.2, 0) is 4.79 Å². The third kappa shape index (κ3) is 4.79. The monoisotopic (exact) mass is 300 g/mol. The molecule has 0 amide bonds. The lowest BCUT2D eigenvalue weighted by molar-refractivity contribution is -0.131. The molecule has 0 aromatic heterocycles. The van der Waals surface area contributed by atoms with Gasteiger partial charge in [0.05, 0.1) is 12.7 Å². The van der Waals surface area contributed by atoms with Gasteiger partial charge >= 0.3 is 11.9 Å². The molecule has 0 fully saturated rings. The van der Waals surface area contributed by atoms with Crippen LogP contribution in [0.2, 0.25) is 0 Å². The first kappa shape index (κ1) is 17.0. The normalized spacial score (nSPS) is 9.14. The predicted octanol–water partition coefficient (Wildman–Crippen LogP) is 3.32. The zero-order chi connectivity index (χ0) is 16.5. The number of carboxylic acid groups (broad SMARTS) is 2. The summed E-state index contributed by atoms with van der Waals surface area (Å²) in [5, 5.41) is 16.8. The molecule has 0 atom stereocenters. The first-order chi connectivity index (χ1) is 10.5. The van der Waals surface area contributed by atoms with Crippen molar-refractivity contribution in [2.24, 2.45) is 0 Å². The highest BCUT2D eigenvalue weighted by Crippen LogP contribution is 2.27. The molecule has 5 nitrogen and oxygen atoms in total. The van der Waals surface area contributed by atoms with Gasteiger partial charge in [-0.2, -0.15) is 0 Å². The zero-order valence-corrected chi connectivity index (χ0v) is 12.0. The standard InChI is InChI=1S/C14H12O3.C3H4O2/c1-17-11-7-8-12(14(15)16)13(9-11)10-5-3-2-4-6-10;1-2-3(4)5/h2-9H,1H3,(H,15,16);2H,1H2,(H,4,5). The molecule has 2 N–H and O–H groups in total. The second-order valence-electron chi connectivity index (χ2n) is 4.13. The molecule has 0 aliphatic rings. The summed E-state index contributed by atoms with van der Waals surface area (Å²) in [5.41, 5.74) is 1.80. The average molecular weight is 300 g/mol. The van der Waals surface area contributed by atoms with E-state index in [2.05, 4.69) is 6.58 Å². The number of benzene rings is 2. The Hall–Kier alpha value is -3.08. The van der Waals surface area contributed by atoms with E-state index in [-0.39, 0.29) is 5.56 Å². The van der Waals surface area contributed by atoms with Crippen LogP contribution in [0, 0.1) is 0 Å². The number of carboxylic acids is 2. The first-order valence-electron chi connectivity index (χ1n) is 6.31. The Kier molecular flexibility index (Phi) is 6.37. The largest absolute Gasteiger partial charge is 0.497 e. The minimum atomic E-state index is -0.981. The van der Waals surface area contributed by atoms with Crippen molar-refractivity contribution in [2.75, 3.05) is 7.11 Å². The van der Waals surface area contributed by atoms with E-state index in [1.807, 2.05) is 30.3 Å². The van der Waals surface area contributed by atoms with Gasteiger partial charge in [-0.1, -0.05) is 36.9 Å². The Morgan fingerprint density at radius 2 is 1.68 bits per heavy atom. The number of methoxy groups -OCH3 is 1. The van der Waals surface area contributed by atoms with Crippen molar-refractivity contribution in [1.29, 1.82) is 0 Å². The third-order valence-corrected chi connectivity index (χ3v) is 2.72. The molecule has 0 spiro atoms. The summed E-state index contributed by atoms with van der Waals surface area (Å²) in [6.07, 6.45) is 0.833. The summed E-state index contributed by atoms with van der Waals surface area (Å²) in [5.74, 6) is -1.27. The van der Waals surface area contributed by atoms with Crippen LogP contribution < -0.4 is 4.74 Å². The molecule has 2 aromatic carbocycles. The second kappa shape index (κ2) is 8.26. The number of hydrogen-bond donors (Lipinski definition) is 2. The van der Waals surface area contributed by atoms with Crippen molar-refractivity contribution < 1.29 is 24.5 Å². The van der Waals surface area contributed by atoms with E-state index in [9.17, 15) is 9.59 Å². The summed E-state index contributed by atoms with van der Waals surface area (Å²) in [6.45, 7) is 2.96. The maximum absolute atomic E-state index is 11.2. The SMILES string of the molecule is C=CC(=O)O.COc1ccc(C(=O)O)c(-c2ccccc2)c1. The van der Waals surface area contributed by atoms with Crippen LogP contribution in [0.15, 0.2) is 61.2 Å². The van der Waals surface area contributed by atoms with Gasteiger partial charge in [-0.3, -0.25) is 0 Å². The zero-order valence-electron chi connectivity index (χ0n) is 12.0. The van der Waals surface area contributed by atoms with E-state index < -0.39 is 11.9 Å². The van der Waals surface area contributed by atoms with Crippen LogP contribution in [-0.4, -0.2) is 29.3 Å². The molecular weight excluding hydrogens is 284 g/mol. The predicted molar refractivity (Wildman–Crippen MR) is 83.2 cm³/mol. The molecule has 0 saturated carbocycles. The molecule has 0 aliphatic carbocycles. The molecule has 0 unspecified atom stereocenters. The molecule has 0 radical (unpaired) electrons. The van der Waals surface area contributed by atoms with E-state index in [0.717, 1.165) is 11.6 Å². The van der Waals surface area contributed by atoms with Gasteiger partial charge in [-0.15, -0.1) is 0 Å². The number of ether oxygens (including phenoxy) is 1. The summed E-state index contributed by atoms with van der Waals surface area (Å²) >= 11 is 0. The minimum Gasteiger partial charge on any atom is -0.497 e. The van der Waals surface area contributed by atoms with Crippen molar-refractivity contribution >= 4 is 11.9 Å². The van der Waals surface area contributed by atoms with Crippen molar-refractivity contribution in [3.63, 3.8) is 0 Å². The van der Waals surface area contributed by atoms with Gasteiger partial charge in [0.2, 0.25) is 0 Å². The quantitative estimate of drug-likeness (QED) is 0.846. The Labute approximate surface area is 128 Å². The molecule has 2 rings (SSSR count). The number of rotatable bonds is 4. The molecular formula is C17H16O5. The van der Waals surface area contributed by atoms with E-state index in [1.165, 1.54) is 0 Å². The van der Waals surface area contributed by atoms with E-state index >= 15 is 0 Å². The van der Waals surface area contributed by atoms with E-state index in [1.54, 1.807) is 25.3 Å². The highest BCUT2D eigenvalue weighted by atomic mass is 16.5. The second-order valence-corrected chi connectivity index (χ2v) is 4.13. The fourth-order valence-corrected chi connectivity index (χ4v) is 1.69. The van der Waals surface area contributed by atoms with E-state index in [0.29, 0.717) is 11.3 Å². The number of hydrogen-bond acceptors (Lipinski definition) is 3. The van der Waals surface area contributed by atoms with Crippen LogP contribution in [0.1, 0.15) is 10.4 Å². The lowest BCUT2D eigenvalue weighted by atomic mass is 9.99. The topological polar surface area (TPSA) is 83.8 Å². The van der Waals surface area contributed by atoms with Gasteiger partial charge in [0.1, 0.15) is 5.75 Å². The van der Waals surface area contributed by atoms with Crippen molar-refractivity contribution in [3.05, 3.63) is 66.7 Å². The summed E-state index contributed by atoms with van der Waals surface area (Å²) in [7, 11) is 1.56. The third-order valence-electron chi connectivity index (χ3n) is 2.72. The van der Waals surface area contributed by atoms with Crippen LogP contribution in [0.4, 0.5) is 0 Å². The van der Waals surface area contributed by atoms with Gasteiger partial charge in [0.25, 0.3) is 0 Å². The van der Waals surface area contributed by atoms with Crippen molar-refractivity contribution in [1.82, 2.24) is 0 Å². The lowest BCUT2D eigenvalue weighted by Crippen LogP contribution is -2.00. The van der Waals surface area contributed by atoms with E-state index in [4.69, 9.17) is 14.9 Å².